The second-order valence-electron chi connectivity index (χ2n) is 4.69. The van der Waals surface area contributed by atoms with E-state index in [0.717, 1.165) is 5.56 Å². The molecule has 0 bridgehead atoms. The summed E-state index contributed by atoms with van der Waals surface area (Å²) in [7, 11) is -3.26. The first-order valence-corrected chi connectivity index (χ1v) is 7.88. The molecule has 0 radical (unpaired) electrons. The van der Waals surface area contributed by atoms with Gasteiger partial charge in [-0.15, -0.1) is 0 Å². The number of benzene rings is 1. The van der Waals surface area contributed by atoms with Gasteiger partial charge in [0.15, 0.2) is 9.84 Å². The predicted octanol–water partition coefficient (Wildman–Crippen LogP) is 0.708. The maximum Gasteiger partial charge on any atom is 0.155 e. The first-order valence-electron chi connectivity index (χ1n) is 6.16. The molecule has 108 valence electrons. The monoisotopic (exact) mass is 287 g/mol. The van der Waals surface area contributed by atoms with E-state index in [9.17, 15) is 13.5 Å². The molecule has 1 aromatic carbocycles. The Labute approximate surface area is 114 Å². The molecule has 0 saturated carbocycles. The van der Waals surface area contributed by atoms with Crippen LogP contribution in [-0.2, 0) is 16.4 Å². The number of ether oxygens (including phenoxy) is 1. The highest BCUT2D eigenvalue weighted by Gasteiger charge is 2.21. The number of sulfone groups is 1. The molecule has 3 N–H and O–H groups in total. The lowest BCUT2D eigenvalue weighted by Gasteiger charge is -2.14. The van der Waals surface area contributed by atoms with Crippen LogP contribution in [0.4, 0.5) is 0 Å². The van der Waals surface area contributed by atoms with Crippen LogP contribution < -0.4 is 10.5 Å². The van der Waals surface area contributed by atoms with Crippen molar-refractivity contribution in [3.63, 3.8) is 0 Å². The molecule has 1 rings (SSSR count). The van der Waals surface area contributed by atoms with E-state index < -0.39 is 21.2 Å². The van der Waals surface area contributed by atoms with Gasteiger partial charge in [0.2, 0.25) is 0 Å². The van der Waals surface area contributed by atoms with E-state index in [-0.39, 0.29) is 12.4 Å². The van der Waals surface area contributed by atoms with Crippen LogP contribution in [0.5, 0.6) is 5.75 Å². The minimum atomic E-state index is -3.26. The first-order chi connectivity index (χ1) is 8.85. The number of aliphatic hydroxyl groups excluding tert-OH is 1. The molecule has 0 aliphatic rings. The summed E-state index contributed by atoms with van der Waals surface area (Å²) in [6, 6.07) is 7.17. The third-order valence-electron chi connectivity index (χ3n) is 2.72. The molecule has 0 fully saturated rings. The topological polar surface area (TPSA) is 89.6 Å². The van der Waals surface area contributed by atoms with Crippen LogP contribution in [0.3, 0.4) is 0 Å². The Morgan fingerprint density at radius 3 is 2.63 bits per heavy atom. The van der Waals surface area contributed by atoms with Crippen molar-refractivity contribution in [2.75, 3.05) is 12.4 Å². The highest BCUT2D eigenvalue weighted by Crippen LogP contribution is 2.13. The molecule has 0 spiro atoms. The summed E-state index contributed by atoms with van der Waals surface area (Å²) in [4.78, 5) is 0. The van der Waals surface area contributed by atoms with Gasteiger partial charge < -0.3 is 15.6 Å². The lowest BCUT2D eigenvalue weighted by molar-refractivity contribution is 0.124. The Morgan fingerprint density at radius 2 is 2.05 bits per heavy atom. The van der Waals surface area contributed by atoms with Crippen LogP contribution in [0.1, 0.15) is 19.4 Å². The van der Waals surface area contributed by atoms with Crippen molar-refractivity contribution in [2.45, 2.75) is 31.7 Å². The van der Waals surface area contributed by atoms with Gasteiger partial charge in [0.25, 0.3) is 0 Å². The van der Waals surface area contributed by atoms with Crippen LogP contribution in [0.25, 0.3) is 0 Å². The first kappa shape index (κ1) is 15.9. The van der Waals surface area contributed by atoms with Gasteiger partial charge >= 0.3 is 0 Å². The van der Waals surface area contributed by atoms with Gasteiger partial charge in [-0.1, -0.05) is 12.1 Å². The second kappa shape index (κ2) is 6.88. The summed E-state index contributed by atoms with van der Waals surface area (Å²) < 4.78 is 28.6. The van der Waals surface area contributed by atoms with Crippen LogP contribution in [0, 0.1) is 0 Å². The molecule has 0 aromatic heterocycles. The molecule has 0 heterocycles. The Balaban J connectivity index is 2.52. The number of aliphatic hydroxyl groups is 1. The third-order valence-corrected chi connectivity index (χ3v) is 5.01. The smallest absolute Gasteiger partial charge is 0.155 e. The quantitative estimate of drug-likeness (QED) is 0.771. The fourth-order valence-electron chi connectivity index (χ4n) is 1.46. The highest BCUT2D eigenvalue weighted by molar-refractivity contribution is 7.92. The molecule has 1 atom stereocenters. The van der Waals surface area contributed by atoms with Crippen molar-refractivity contribution in [2.24, 2.45) is 5.73 Å². The van der Waals surface area contributed by atoms with E-state index in [1.807, 2.05) is 6.07 Å². The number of hydrogen-bond donors (Lipinski definition) is 2. The molecule has 0 saturated heterocycles. The Morgan fingerprint density at radius 1 is 1.37 bits per heavy atom. The zero-order valence-corrected chi connectivity index (χ0v) is 12.1. The summed E-state index contributed by atoms with van der Waals surface area (Å²) in [5, 5.41) is 9.20. The normalized spacial score (nSPS) is 13.5. The van der Waals surface area contributed by atoms with E-state index in [0.29, 0.717) is 12.3 Å². The van der Waals surface area contributed by atoms with Gasteiger partial charge in [-0.25, -0.2) is 8.42 Å². The van der Waals surface area contributed by atoms with Gasteiger partial charge in [-0.05, 0) is 31.5 Å². The summed E-state index contributed by atoms with van der Waals surface area (Å²) in [6.07, 6.45) is -1.03. The second-order valence-corrected chi connectivity index (χ2v) is 7.30. The van der Waals surface area contributed by atoms with Crippen LogP contribution in [0.2, 0.25) is 0 Å². The van der Waals surface area contributed by atoms with Crippen LogP contribution in [0.15, 0.2) is 24.3 Å². The molecule has 5 nitrogen and oxygen atoms in total. The summed E-state index contributed by atoms with van der Waals surface area (Å²) in [5.41, 5.74) is 6.43. The summed E-state index contributed by atoms with van der Waals surface area (Å²) >= 11 is 0. The molecular formula is C13H21NO4S. The van der Waals surface area contributed by atoms with Gasteiger partial charge in [0, 0.05) is 6.54 Å². The van der Waals surface area contributed by atoms with Crippen molar-refractivity contribution >= 4 is 9.84 Å². The van der Waals surface area contributed by atoms with Crippen molar-refractivity contribution in [3.8, 4) is 5.75 Å². The molecule has 1 unspecified atom stereocenters. The zero-order chi connectivity index (χ0) is 14.5. The average molecular weight is 287 g/mol. The fourth-order valence-corrected chi connectivity index (χ4v) is 2.48. The number of hydrogen-bond acceptors (Lipinski definition) is 5. The summed E-state index contributed by atoms with van der Waals surface area (Å²) in [6.45, 7) is 3.53. The van der Waals surface area contributed by atoms with Gasteiger partial charge in [0.05, 0.1) is 11.0 Å². The van der Waals surface area contributed by atoms with Gasteiger partial charge in [-0.3, -0.25) is 0 Å². The molecular weight excluding hydrogens is 266 g/mol. The van der Waals surface area contributed by atoms with Crippen LogP contribution >= 0.6 is 0 Å². The molecule has 0 amide bonds. The summed E-state index contributed by atoms with van der Waals surface area (Å²) in [5.74, 6) is 0.283. The molecule has 0 aliphatic heterocycles. The SMILES string of the molecule is CC(C)S(=O)(=O)CC(O)COc1cccc(CN)c1. The lowest BCUT2D eigenvalue weighted by atomic mass is 10.2. The van der Waals surface area contributed by atoms with E-state index in [4.69, 9.17) is 10.5 Å². The number of nitrogens with two attached hydrogens (primary N) is 1. The predicted molar refractivity (Wildman–Crippen MR) is 74.8 cm³/mol. The van der Waals surface area contributed by atoms with Crippen molar-refractivity contribution < 1.29 is 18.3 Å². The van der Waals surface area contributed by atoms with Crippen molar-refractivity contribution in [1.29, 1.82) is 0 Å². The Kier molecular flexibility index (Phi) is 5.78. The zero-order valence-electron chi connectivity index (χ0n) is 11.2. The Bertz CT molecular complexity index is 499. The van der Waals surface area contributed by atoms with E-state index in [1.54, 1.807) is 32.0 Å². The highest BCUT2D eigenvalue weighted by atomic mass is 32.2. The third kappa shape index (κ3) is 5.18. The molecule has 0 aliphatic carbocycles. The lowest BCUT2D eigenvalue weighted by Crippen LogP contribution is -2.30. The number of rotatable bonds is 7. The van der Waals surface area contributed by atoms with Gasteiger partial charge in [0.1, 0.15) is 18.5 Å². The largest absolute Gasteiger partial charge is 0.491 e. The van der Waals surface area contributed by atoms with Crippen molar-refractivity contribution in [3.05, 3.63) is 29.8 Å². The standard InChI is InChI=1S/C13H21NO4S/c1-10(2)19(16,17)9-12(15)8-18-13-5-3-4-11(6-13)7-14/h3-6,10,12,15H,7-9,14H2,1-2H3. The van der Waals surface area contributed by atoms with Crippen molar-refractivity contribution in [1.82, 2.24) is 0 Å². The fraction of sp³-hybridized carbons (Fsp3) is 0.538. The Hall–Kier alpha value is -1.11. The van der Waals surface area contributed by atoms with Gasteiger partial charge in [-0.2, -0.15) is 0 Å². The molecule has 1 aromatic rings. The minimum Gasteiger partial charge on any atom is -0.491 e. The maximum atomic E-state index is 11.6. The minimum absolute atomic E-state index is 0.0556. The average Bonchev–Trinajstić information content (AvgIpc) is 2.36. The van der Waals surface area contributed by atoms with E-state index in [1.165, 1.54) is 0 Å². The van der Waals surface area contributed by atoms with E-state index in [2.05, 4.69) is 0 Å². The molecule has 19 heavy (non-hydrogen) atoms. The molecule has 6 heteroatoms. The van der Waals surface area contributed by atoms with Crippen LogP contribution in [-0.4, -0.2) is 37.2 Å². The maximum absolute atomic E-state index is 11.6. The van der Waals surface area contributed by atoms with E-state index >= 15 is 0 Å².